The van der Waals surface area contributed by atoms with Crippen molar-refractivity contribution < 1.29 is 9.18 Å². The molecule has 3 nitrogen and oxygen atoms in total. The molecule has 0 radical (unpaired) electrons. The zero-order valence-electron chi connectivity index (χ0n) is 8.30. The summed E-state index contributed by atoms with van der Waals surface area (Å²) in [5, 5.41) is 5.42. The number of amides is 1. The Morgan fingerprint density at radius 2 is 2.06 bits per heavy atom. The van der Waals surface area contributed by atoms with Crippen molar-refractivity contribution in [2.45, 2.75) is 6.42 Å². The van der Waals surface area contributed by atoms with Gasteiger partial charge in [0.1, 0.15) is 5.82 Å². The Morgan fingerprint density at radius 1 is 1.38 bits per heavy atom. The first-order valence-corrected chi connectivity index (χ1v) is 5.23. The van der Waals surface area contributed by atoms with Gasteiger partial charge in [-0.1, -0.05) is 23.2 Å². The van der Waals surface area contributed by atoms with E-state index in [1.54, 1.807) is 0 Å². The lowest BCUT2D eigenvalue weighted by molar-refractivity contribution is -0.127. The van der Waals surface area contributed by atoms with Gasteiger partial charge in [-0.05, 0) is 12.1 Å². The van der Waals surface area contributed by atoms with E-state index in [4.69, 9.17) is 23.2 Å². The summed E-state index contributed by atoms with van der Waals surface area (Å²) in [6.45, 7) is 0. The van der Waals surface area contributed by atoms with Gasteiger partial charge in [0.2, 0.25) is 5.91 Å². The molecule has 1 aliphatic rings. The SMILES string of the molecule is CN1N=C(c2cc(F)c(Cl)cc2Cl)CC1=O. The number of hydrazone groups is 1. The van der Waals surface area contributed by atoms with E-state index in [0.29, 0.717) is 11.3 Å². The third-order valence-corrected chi connectivity index (χ3v) is 2.87. The van der Waals surface area contributed by atoms with Gasteiger partial charge in [0.25, 0.3) is 0 Å². The minimum Gasteiger partial charge on any atom is -0.273 e. The van der Waals surface area contributed by atoms with Gasteiger partial charge in [-0.25, -0.2) is 9.40 Å². The third kappa shape index (κ3) is 1.90. The van der Waals surface area contributed by atoms with Crippen LogP contribution in [-0.2, 0) is 4.79 Å². The summed E-state index contributed by atoms with van der Waals surface area (Å²) in [4.78, 5) is 11.3. The molecule has 0 aromatic heterocycles. The van der Waals surface area contributed by atoms with E-state index >= 15 is 0 Å². The standard InChI is InChI=1S/C10H7Cl2FN2O/c1-15-10(16)4-9(14-15)5-2-8(13)7(12)3-6(5)11/h2-3H,4H2,1H3. The van der Waals surface area contributed by atoms with Crippen molar-refractivity contribution in [2.75, 3.05) is 7.05 Å². The molecule has 0 saturated heterocycles. The fraction of sp³-hybridized carbons (Fsp3) is 0.200. The summed E-state index contributed by atoms with van der Waals surface area (Å²) >= 11 is 11.5. The quantitative estimate of drug-likeness (QED) is 0.715. The molecule has 6 heteroatoms. The summed E-state index contributed by atoms with van der Waals surface area (Å²) in [5.41, 5.74) is 0.856. The summed E-state index contributed by atoms with van der Waals surface area (Å²) in [7, 11) is 1.54. The Labute approximate surface area is 101 Å². The van der Waals surface area contributed by atoms with Crippen molar-refractivity contribution in [3.8, 4) is 0 Å². The van der Waals surface area contributed by atoms with E-state index in [1.165, 1.54) is 24.2 Å². The Kier molecular flexibility index (Phi) is 2.86. The summed E-state index contributed by atoms with van der Waals surface area (Å²) < 4.78 is 13.3. The fourth-order valence-corrected chi connectivity index (χ4v) is 1.91. The maximum Gasteiger partial charge on any atom is 0.248 e. The fourth-order valence-electron chi connectivity index (χ4n) is 1.42. The first kappa shape index (κ1) is 11.4. The highest BCUT2D eigenvalue weighted by molar-refractivity contribution is 6.37. The number of halogens is 3. The van der Waals surface area contributed by atoms with E-state index in [0.717, 1.165) is 0 Å². The van der Waals surface area contributed by atoms with Crippen LogP contribution in [0.1, 0.15) is 12.0 Å². The Morgan fingerprint density at radius 3 is 2.62 bits per heavy atom. The van der Waals surface area contributed by atoms with Gasteiger partial charge in [-0.3, -0.25) is 4.79 Å². The van der Waals surface area contributed by atoms with Crippen LogP contribution in [-0.4, -0.2) is 23.7 Å². The van der Waals surface area contributed by atoms with E-state index in [2.05, 4.69) is 5.10 Å². The van der Waals surface area contributed by atoms with Crippen LogP contribution in [0.3, 0.4) is 0 Å². The first-order chi connectivity index (χ1) is 7.49. The molecule has 0 atom stereocenters. The second-order valence-corrected chi connectivity index (χ2v) is 4.20. The van der Waals surface area contributed by atoms with Crippen molar-refractivity contribution in [3.05, 3.63) is 33.6 Å². The molecule has 0 aliphatic carbocycles. The van der Waals surface area contributed by atoms with Crippen LogP contribution < -0.4 is 0 Å². The molecule has 1 aromatic carbocycles. The van der Waals surface area contributed by atoms with Gasteiger partial charge in [-0.15, -0.1) is 0 Å². The molecule has 1 aromatic rings. The molecular formula is C10H7Cl2FN2O. The number of hydrogen-bond donors (Lipinski definition) is 0. The van der Waals surface area contributed by atoms with Gasteiger partial charge in [-0.2, -0.15) is 5.10 Å². The van der Waals surface area contributed by atoms with E-state index in [9.17, 15) is 9.18 Å². The molecule has 1 amide bonds. The summed E-state index contributed by atoms with van der Waals surface area (Å²) in [5.74, 6) is -0.729. The monoisotopic (exact) mass is 260 g/mol. The van der Waals surface area contributed by atoms with Crippen LogP contribution in [0.15, 0.2) is 17.2 Å². The average Bonchev–Trinajstić information content (AvgIpc) is 2.53. The number of nitrogens with zero attached hydrogens (tertiary/aromatic N) is 2. The normalized spacial score (nSPS) is 15.6. The topological polar surface area (TPSA) is 32.7 Å². The third-order valence-electron chi connectivity index (χ3n) is 2.27. The highest BCUT2D eigenvalue weighted by Gasteiger charge is 2.23. The Hall–Kier alpha value is -1.13. The van der Waals surface area contributed by atoms with Gasteiger partial charge in [0.05, 0.1) is 22.2 Å². The maximum absolute atomic E-state index is 13.3. The van der Waals surface area contributed by atoms with E-state index in [1.807, 2.05) is 0 Å². The highest BCUT2D eigenvalue weighted by Crippen LogP contribution is 2.27. The molecule has 1 heterocycles. The lowest BCUT2D eigenvalue weighted by Crippen LogP contribution is -2.14. The second kappa shape index (κ2) is 4.03. The van der Waals surface area contributed by atoms with Crippen LogP contribution in [0, 0.1) is 5.82 Å². The van der Waals surface area contributed by atoms with Gasteiger partial charge < -0.3 is 0 Å². The average molecular weight is 261 g/mol. The number of hydrogen-bond acceptors (Lipinski definition) is 2. The predicted octanol–water partition coefficient (Wildman–Crippen LogP) is 2.70. The molecule has 0 bridgehead atoms. The minimum atomic E-state index is -0.578. The second-order valence-electron chi connectivity index (χ2n) is 3.39. The van der Waals surface area contributed by atoms with Crippen LogP contribution in [0.25, 0.3) is 0 Å². The Bertz CT molecular complexity index is 502. The molecule has 0 fully saturated rings. The van der Waals surface area contributed by atoms with Crippen molar-refractivity contribution in [1.82, 2.24) is 5.01 Å². The van der Waals surface area contributed by atoms with Crippen LogP contribution in [0.4, 0.5) is 4.39 Å². The van der Waals surface area contributed by atoms with Crippen molar-refractivity contribution in [2.24, 2.45) is 5.10 Å². The summed E-state index contributed by atoms with van der Waals surface area (Å²) in [6, 6.07) is 2.50. The molecule has 1 aliphatic heterocycles. The highest BCUT2D eigenvalue weighted by atomic mass is 35.5. The summed E-state index contributed by atoms with van der Waals surface area (Å²) in [6.07, 6.45) is 0.122. The molecular weight excluding hydrogens is 254 g/mol. The van der Waals surface area contributed by atoms with Crippen LogP contribution in [0.2, 0.25) is 10.0 Å². The van der Waals surface area contributed by atoms with E-state index < -0.39 is 5.82 Å². The smallest absolute Gasteiger partial charge is 0.248 e. The van der Waals surface area contributed by atoms with E-state index in [-0.39, 0.29) is 22.4 Å². The van der Waals surface area contributed by atoms with Gasteiger partial charge in [0.15, 0.2) is 0 Å². The molecule has 84 valence electrons. The maximum atomic E-state index is 13.3. The zero-order chi connectivity index (χ0) is 11.9. The van der Waals surface area contributed by atoms with Crippen molar-refractivity contribution in [1.29, 1.82) is 0 Å². The molecule has 0 saturated carbocycles. The van der Waals surface area contributed by atoms with Gasteiger partial charge >= 0.3 is 0 Å². The number of carbonyl (C=O) groups excluding carboxylic acids is 1. The lowest BCUT2D eigenvalue weighted by atomic mass is 10.1. The number of rotatable bonds is 1. The molecule has 0 spiro atoms. The predicted molar refractivity (Wildman–Crippen MR) is 60.3 cm³/mol. The number of carbonyl (C=O) groups is 1. The minimum absolute atomic E-state index is 0.0490. The molecule has 16 heavy (non-hydrogen) atoms. The molecule has 0 unspecified atom stereocenters. The largest absolute Gasteiger partial charge is 0.273 e. The molecule has 0 N–H and O–H groups in total. The Balaban J connectivity index is 2.46. The number of benzene rings is 1. The van der Waals surface area contributed by atoms with Crippen LogP contribution in [0.5, 0.6) is 0 Å². The van der Waals surface area contributed by atoms with Crippen LogP contribution >= 0.6 is 23.2 Å². The zero-order valence-corrected chi connectivity index (χ0v) is 9.81. The van der Waals surface area contributed by atoms with Crippen molar-refractivity contribution >= 4 is 34.8 Å². The molecule has 2 rings (SSSR count). The van der Waals surface area contributed by atoms with Crippen molar-refractivity contribution in [3.63, 3.8) is 0 Å². The van der Waals surface area contributed by atoms with Gasteiger partial charge in [0, 0.05) is 12.6 Å². The lowest BCUT2D eigenvalue weighted by Gasteiger charge is -2.04. The first-order valence-electron chi connectivity index (χ1n) is 4.48.